The normalized spacial score (nSPS) is 13.9. The first-order valence-electron chi connectivity index (χ1n) is 14.7. The number of anilines is 1. The van der Waals surface area contributed by atoms with Gasteiger partial charge in [-0.15, -0.1) is 0 Å². The Kier molecular flexibility index (Phi) is 9.14. The van der Waals surface area contributed by atoms with Gasteiger partial charge in [0, 0.05) is 63.7 Å². The number of piperazine rings is 1. The molecule has 1 N–H and O–H groups in total. The number of H-pyrrole nitrogens is 1. The van der Waals surface area contributed by atoms with Crippen LogP contribution in [0.25, 0.3) is 22.3 Å². The number of aromatic amines is 1. The summed E-state index contributed by atoms with van der Waals surface area (Å²) in [5.74, 6) is 1.11. The second kappa shape index (κ2) is 13.0. The SMILES string of the molecule is COc1cc(N(C)C(=O)c2cc3nc(-c4ccnc(CN5CCN(C(=O)OC(C)(C)C)CC5)c4)ccc3[nH]2)cc(OC)c1OC. The van der Waals surface area contributed by atoms with Crippen LogP contribution in [0.2, 0.25) is 0 Å². The molecule has 4 heterocycles. The zero-order valence-electron chi connectivity index (χ0n) is 26.8. The number of carbonyl (C=O) groups excluding carboxylic acids is 2. The second-order valence-corrected chi connectivity index (χ2v) is 11.8. The molecule has 0 saturated carbocycles. The van der Waals surface area contributed by atoms with Crippen molar-refractivity contribution in [3.05, 3.63) is 60.0 Å². The summed E-state index contributed by atoms with van der Waals surface area (Å²) in [6.07, 6.45) is 1.51. The molecular formula is C33H40N6O6. The smallest absolute Gasteiger partial charge is 0.410 e. The number of fused-ring (bicyclic) bond motifs is 1. The predicted octanol–water partition coefficient (Wildman–Crippen LogP) is 4.98. The Morgan fingerprint density at radius 1 is 0.933 bits per heavy atom. The van der Waals surface area contributed by atoms with Crippen molar-refractivity contribution in [2.24, 2.45) is 0 Å². The minimum atomic E-state index is -0.510. The highest BCUT2D eigenvalue weighted by Crippen LogP contribution is 2.41. The van der Waals surface area contributed by atoms with Gasteiger partial charge >= 0.3 is 6.09 Å². The van der Waals surface area contributed by atoms with Gasteiger partial charge in [0.1, 0.15) is 11.3 Å². The Morgan fingerprint density at radius 2 is 1.62 bits per heavy atom. The lowest BCUT2D eigenvalue weighted by atomic mass is 10.1. The summed E-state index contributed by atoms with van der Waals surface area (Å²) in [7, 11) is 6.28. The number of aromatic nitrogens is 3. The number of hydrogen-bond acceptors (Lipinski definition) is 9. The largest absolute Gasteiger partial charge is 0.493 e. The summed E-state index contributed by atoms with van der Waals surface area (Å²) in [6, 6.07) is 13.0. The van der Waals surface area contributed by atoms with Crippen LogP contribution in [-0.4, -0.2) is 96.9 Å². The molecule has 0 spiro atoms. The molecule has 0 unspecified atom stereocenters. The van der Waals surface area contributed by atoms with Crippen LogP contribution < -0.4 is 19.1 Å². The quantitative estimate of drug-likeness (QED) is 0.292. The van der Waals surface area contributed by atoms with Gasteiger partial charge in [0.05, 0.1) is 49.4 Å². The van der Waals surface area contributed by atoms with Gasteiger partial charge in [0.2, 0.25) is 5.75 Å². The molecule has 5 rings (SSSR count). The Morgan fingerprint density at radius 3 is 2.24 bits per heavy atom. The third-order valence-corrected chi connectivity index (χ3v) is 7.57. The van der Waals surface area contributed by atoms with Crippen LogP contribution in [0.3, 0.4) is 0 Å². The maximum Gasteiger partial charge on any atom is 0.410 e. The van der Waals surface area contributed by atoms with Gasteiger partial charge in [-0.3, -0.25) is 14.7 Å². The Labute approximate surface area is 262 Å². The highest BCUT2D eigenvalue weighted by molar-refractivity contribution is 6.07. The molecule has 12 nitrogen and oxygen atoms in total. The van der Waals surface area contributed by atoms with E-state index in [1.165, 1.54) is 26.2 Å². The number of nitrogens with zero attached hydrogens (tertiary/aromatic N) is 5. The molecule has 0 atom stereocenters. The fourth-order valence-corrected chi connectivity index (χ4v) is 5.21. The number of ether oxygens (including phenoxy) is 4. The first-order valence-corrected chi connectivity index (χ1v) is 14.7. The van der Waals surface area contributed by atoms with Gasteiger partial charge in [0.25, 0.3) is 5.91 Å². The molecule has 0 radical (unpaired) electrons. The lowest BCUT2D eigenvalue weighted by Crippen LogP contribution is -2.49. The molecule has 3 aromatic heterocycles. The van der Waals surface area contributed by atoms with Gasteiger partial charge in [-0.05, 0) is 51.1 Å². The molecule has 1 fully saturated rings. The maximum atomic E-state index is 13.5. The van der Waals surface area contributed by atoms with Crippen molar-refractivity contribution in [2.45, 2.75) is 32.9 Å². The minimum absolute atomic E-state index is 0.248. The number of rotatable bonds is 8. The molecule has 1 saturated heterocycles. The number of pyridine rings is 2. The van der Waals surface area contributed by atoms with Gasteiger partial charge in [-0.1, -0.05) is 0 Å². The fourth-order valence-electron chi connectivity index (χ4n) is 5.21. The molecule has 2 amide bonds. The highest BCUT2D eigenvalue weighted by Gasteiger charge is 2.26. The number of carbonyl (C=O) groups is 2. The second-order valence-electron chi connectivity index (χ2n) is 11.8. The summed E-state index contributed by atoms with van der Waals surface area (Å²) in [4.78, 5) is 44.1. The van der Waals surface area contributed by atoms with Crippen molar-refractivity contribution < 1.29 is 28.5 Å². The standard InChI is InChI=1S/C33H40N6O6/c1-33(2,3)45-32(41)39-14-12-38(13-15-39)20-22-16-21(10-11-34-22)24-8-9-25-26(35-24)19-27(36-25)31(40)37(4)23-17-28(42-5)30(44-7)29(18-23)43-6/h8-11,16-19,36H,12-15,20H2,1-7H3. The molecule has 238 valence electrons. The van der Waals surface area contributed by atoms with Crippen molar-refractivity contribution >= 4 is 28.7 Å². The third kappa shape index (κ3) is 7.12. The van der Waals surface area contributed by atoms with E-state index in [1.54, 1.807) is 36.3 Å². The van der Waals surface area contributed by atoms with E-state index in [0.717, 1.165) is 35.6 Å². The van der Waals surface area contributed by atoms with Crippen LogP contribution in [-0.2, 0) is 11.3 Å². The average molecular weight is 617 g/mol. The van der Waals surface area contributed by atoms with Crippen molar-refractivity contribution in [2.75, 3.05) is 59.5 Å². The molecule has 0 bridgehead atoms. The maximum absolute atomic E-state index is 13.5. The molecule has 0 aliphatic carbocycles. The minimum Gasteiger partial charge on any atom is -0.493 e. The zero-order chi connectivity index (χ0) is 32.3. The average Bonchev–Trinajstić information content (AvgIpc) is 3.46. The van der Waals surface area contributed by atoms with Gasteiger partial charge in [-0.2, -0.15) is 0 Å². The summed E-state index contributed by atoms with van der Waals surface area (Å²) in [5.41, 5.74) is 4.50. The Hall–Kier alpha value is -4.84. The zero-order valence-corrected chi connectivity index (χ0v) is 26.8. The topological polar surface area (TPSA) is 122 Å². The molecule has 1 aliphatic heterocycles. The van der Waals surface area contributed by atoms with Gasteiger partial charge < -0.3 is 33.7 Å². The molecular weight excluding hydrogens is 576 g/mol. The van der Waals surface area contributed by atoms with Crippen LogP contribution in [0.1, 0.15) is 37.0 Å². The van der Waals surface area contributed by atoms with Crippen molar-refractivity contribution in [3.63, 3.8) is 0 Å². The van der Waals surface area contributed by atoms with E-state index in [1.807, 2.05) is 45.0 Å². The number of hydrogen-bond donors (Lipinski definition) is 1. The summed E-state index contributed by atoms with van der Waals surface area (Å²) < 4.78 is 21.8. The van der Waals surface area contributed by atoms with E-state index in [0.29, 0.717) is 53.8 Å². The number of amides is 2. The Balaban J connectivity index is 1.28. The molecule has 1 aromatic carbocycles. The summed E-state index contributed by atoms with van der Waals surface area (Å²) >= 11 is 0. The highest BCUT2D eigenvalue weighted by atomic mass is 16.6. The molecule has 45 heavy (non-hydrogen) atoms. The van der Waals surface area contributed by atoms with E-state index in [2.05, 4.69) is 14.9 Å². The van der Waals surface area contributed by atoms with E-state index in [-0.39, 0.29) is 12.0 Å². The van der Waals surface area contributed by atoms with E-state index in [4.69, 9.17) is 23.9 Å². The Bertz CT molecular complexity index is 1660. The molecule has 1 aliphatic rings. The summed E-state index contributed by atoms with van der Waals surface area (Å²) in [5, 5.41) is 0. The van der Waals surface area contributed by atoms with Gasteiger partial charge in [-0.25, -0.2) is 9.78 Å². The first-order chi connectivity index (χ1) is 21.5. The van der Waals surface area contributed by atoms with Gasteiger partial charge in [0.15, 0.2) is 11.5 Å². The predicted molar refractivity (Wildman–Crippen MR) is 171 cm³/mol. The van der Waals surface area contributed by atoms with Crippen LogP contribution >= 0.6 is 0 Å². The summed E-state index contributed by atoms with van der Waals surface area (Å²) in [6.45, 7) is 8.97. The molecule has 12 heteroatoms. The number of methoxy groups -OCH3 is 3. The first kappa shape index (κ1) is 31.6. The third-order valence-electron chi connectivity index (χ3n) is 7.57. The lowest BCUT2D eigenvalue weighted by Gasteiger charge is -2.35. The fraction of sp³-hybridized carbons (Fsp3) is 0.394. The number of nitrogens with one attached hydrogen (secondary N) is 1. The monoisotopic (exact) mass is 616 g/mol. The van der Waals surface area contributed by atoms with E-state index >= 15 is 0 Å². The number of benzene rings is 1. The van der Waals surface area contributed by atoms with E-state index in [9.17, 15) is 9.59 Å². The van der Waals surface area contributed by atoms with Crippen molar-refractivity contribution in [1.29, 1.82) is 0 Å². The molecule has 4 aromatic rings. The van der Waals surface area contributed by atoms with Crippen LogP contribution in [0.5, 0.6) is 17.2 Å². The van der Waals surface area contributed by atoms with E-state index < -0.39 is 5.60 Å². The van der Waals surface area contributed by atoms with Crippen LogP contribution in [0.15, 0.2) is 48.7 Å². The van der Waals surface area contributed by atoms with Crippen molar-refractivity contribution in [1.82, 2.24) is 24.8 Å². The van der Waals surface area contributed by atoms with Crippen LogP contribution in [0.4, 0.5) is 10.5 Å². The van der Waals surface area contributed by atoms with Crippen LogP contribution in [0, 0.1) is 0 Å². The van der Waals surface area contributed by atoms with Crippen molar-refractivity contribution in [3.8, 4) is 28.5 Å². The lowest BCUT2D eigenvalue weighted by molar-refractivity contribution is 0.0138.